The molecular weight excluding hydrogens is 557 g/mol. The van der Waals surface area contributed by atoms with Gasteiger partial charge in [-0.3, -0.25) is 14.5 Å². The van der Waals surface area contributed by atoms with Crippen LogP contribution in [0.5, 0.6) is 5.75 Å². The molecule has 2 amide bonds. The maximum absolute atomic E-state index is 13.8. The molecule has 3 aliphatic heterocycles. The zero-order valence-corrected chi connectivity index (χ0v) is 25.3. The van der Waals surface area contributed by atoms with Crippen LogP contribution < -0.4 is 15.0 Å². The number of piperazine rings is 1. The lowest BCUT2D eigenvalue weighted by atomic mass is 9.84. The van der Waals surface area contributed by atoms with Gasteiger partial charge in [0.15, 0.2) is 0 Å². The molecule has 42 heavy (non-hydrogen) atoms. The van der Waals surface area contributed by atoms with Crippen LogP contribution in [0.3, 0.4) is 0 Å². The zero-order valence-electron chi connectivity index (χ0n) is 24.5. The van der Waals surface area contributed by atoms with E-state index in [9.17, 15) is 14.0 Å². The Balaban J connectivity index is 1.07. The smallest absolute Gasteiger partial charge is 0.255 e. The topological polar surface area (TPSA) is 68.4 Å². The van der Waals surface area contributed by atoms with E-state index in [4.69, 9.17) is 16.3 Å². The van der Waals surface area contributed by atoms with Gasteiger partial charge in [-0.25, -0.2) is 4.39 Å². The van der Waals surface area contributed by atoms with Crippen molar-refractivity contribution in [2.75, 3.05) is 76.7 Å². The van der Waals surface area contributed by atoms with Crippen molar-refractivity contribution in [1.82, 2.24) is 14.7 Å². The first-order valence-electron chi connectivity index (χ1n) is 15.2. The summed E-state index contributed by atoms with van der Waals surface area (Å²) in [4.78, 5) is 35.9. The summed E-state index contributed by atoms with van der Waals surface area (Å²) in [5.74, 6) is -0.232. The molecule has 0 unspecified atom stereocenters. The Morgan fingerprint density at radius 3 is 2.29 bits per heavy atom. The summed E-state index contributed by atoms with van der Waals surface area (Å²) in [7, 11) is 3.84. The molecule has 10 heteroatoms. The summed E-state index contributed by atoms with van der Waals surface area (Å²) in [5, 5.41) is 3.38. The average Bonchev–Trinajstić information content (AvgIpc) is 3.28. The minimum absolute atomic E-state index is 0.0302. The van der Waals surface area contributed by atoms with Crippen LogP contribution in [0.4, 0.5) is 15.8 Å². The fraction of sp³-hybridized carbons (Fsp3) is 0.562. The van der Waals surface area contributed by atoms with Gasteiger partial charge in [0.2, 0.25) is 5.91 Å². The third-order valence-corrected chi connectivity index (χ3v) is 10.2. The lowest BCUT2D eigenvalue weighted by molar-refractivity contribution is -0.123. The number of piperidine rings is 2. The maximum atomic E-state index is 13.8. The highest BCUT2D eigenvalue weighted by molar-refractivity contribution is 6.33. The summed E-state index contributed by atoms with van der Waals surface area (Å²) in [5.41, 5.74) is 1.96. The summed E-state index contributed by atoms with van der Waals surface area (Å²) < 4.78 is 19.5. The largest absolute Gasteiger partial charge is 0.494 e. The van der Waals surface area contributed by atoms with E-state index in [1.165, 1.54) is 18.2 Å². The lowest BCUT2D eigenvalue weighted by Crippen LogP contribution is -2.52. The van der Waals surface area contributed by atoms with E-state index in [2.05, 4.69) is 33.1 Å². The van der Waals surface area contributed by atoms with Crippen molar-refractivity contribution in [1.29, 1.82) is 0 Å². The molecule has 2 aromatic carbocycles. The highest BCUT2D eigenvalue weighted by Gasteiger charge is 2.47. The Morgan fingerprint density at radius 1 is 0.929 bits per heavy atom. The SMILES string of the molecule is COc1cc(N2CCC(N3CCN(C)CC3)CC2)ccc1NC(=O)C1[C@@H]2CC[C@@H]1CN(C(=O)c1cc(F)ccc1Cl)C2. The summed E-state index contributed by atoms with van der Waals surface area (Å²) >= 11 is 6.20. The summed E-state index contributed by atoms with van der Waals surface area (Å²) in [6, 6.07) is 10.6. The minimum Gasteiger partial charge on any atom is -0.494 e. The standard InChI is InChI=1S/C32H41ClFN5O3/c1-36-13-15-38(16-14-36)24-9-11-37(12-10-24)25-6-8-28(29(18-25)42-2)35-31(40)30-21-3-4-22(30)20-39(19-21)32(41)26-17-23(34)5-7-27(26)33/h5-8,17-18,21-22,24,30H,3-4,9-16,19-20H2,1-2H3,(H,35,40)/t21-,22-/m1/s1. The molecule has 2 atom stereocenters. The Labute approximate surface area is 252 Å². The van der Waals surface area contributed by atoms with E-state index >= 15 is 0 Å². The van der Waals surface area contributed by atoms with E-state index in [1.54, 1.807) is 12.0 Å². The molecule has 3 saturated heterocycles. The van der Waals surface area contributed by atoms with Crippen LogP contribution in [0.2, 0.25) is 5.02 Å². The van der Waals surface area contributed by atoms with Crippen LogP contribution in [0.25, 0.3) is 0 Å². The van der Waals surface area contributed by atoms with Crippen molar-refractivity contribution in [3.05, 3.63) is 52.8 Å². The van der Waals surface area contributed by atoms with E-state index in [0.717, 1.165) is 70.6 Å². The number of ether oxygens (including phenoxy) is 1. The van der Waals surface area contributed by atoms with Gasteiger partial charge in [-0.2, -0.15) is 0 Å². The van der Waals surface area contributed by atoms with Gasteiger partial charge >= 0.3 is 0 Å². The monoisotopic (exact) mass is 597 g/mol. The molecule has 1 saturated carbocycles. The van der Waals surface area contributed by atoms with Crippen LogP contribution in [0.1, 0.15) is 36.0 Å². The number of hydrogen-bond donors (Lipinski definition) is 1. The van der Waals surface area contributed by atoms with Crippen LogP contribution >= 0.6 is 11.6 Å². The quantitative estimate of drug-likeness (QED) is 0.531. The highest BCUT2D eigenvalue weighted by Crippen LogP contribution is 2.44. The summed E-state index contributed by atoms with van der Waals surface area (Å²) in [6.07, 6.45) is 4.06. The Morgan fingerprint density at radius 2 is 1.62 bits per heavy atom. The van der Waals surface area contributed by atoms with Crippen LogP contribution in [-0.4, -0.2) is 99.1 Å². The van der Waals surface area contributed by atoms with Gasteiger partial charge in [-0.1, -0.05) is 11.6 Å². The van der Waals surface area contributed by atoms with Gasteiger partial charge in [0.25, 0.3) is 5.91 Å². The molecule has 226 valence electrons. The number of carbonyl (C=O) groups is 2. The number of fused-ring (bicyclic) bond motifs is 2. The van der Waals surface area contributed by atoms with Gasteiger partial charge in [0.05, 0.1) is 23.4 Å². The zero-order chi connectivity index (χ0) is 29.4. The predicted octanol–water partition coefficient (Wildman–Crippen LogP) is 4.44. The molecule has 1 aliphatic carbocycles. The van der Waals surface area contributed by atoms with Crippen molar-refractivity contribution < 1.29 is 18.7 Å². The fourth-order valence-electron chi connectivity index (χ4n) is 7.52. The fourth-order valence-corrected chi connectivity index (χ4v) is 7.72. The van der Waals surface area contributed by atoms with Gasteiger partial charge in [0.1, 0.15) is 11.6 Å². The number of rotatable bonds is 6. The molecule has 4 aliphatic rings. The van der Waals surface area contributed by atoms with Crippen LogP contribution in [0.15, 0.2) is 36.4 Å². The normalized spacial score (nSPS) is 25.5. The van der Waals surface area contributed by atoms with E-state index < -0.39 is 5.82 Å². The van der Waals surface area contributed by atoms with Gasteiger partial charge in [-0.05, 0) is 74.9 Å². The minimum atomic E-state index is -0.491. The lowest BCUT2D eigenvalue weighted by Gasteiger charge is -2.42. The number of nitrogens with zero attached hydrogens (tertiary/aromatic N) is 4. The van der Waals surface area contributed by atoms with Crippen molar-refractivity contribution in [2.45, 2.75) is 31.7 Å². The van der Waals surface area contributed by atoms with Gasteiger partial charge in [-0.15, -0.1) is 0 Å². The number of likely N-dealkylation sites (tertiary alicyclic amines) is 1. The van der Waals surface area contributed by atoms with Crippen molar-refractivity contribution >= 4 is 34.8 Å². The number of anilines is 2. The second-order valence-corrected chi connectivity index (χ2v) is 12.8. The number of carbonyl (C=O) groups excluding carboxylic acids is 2. The van der Waals surface area contributed by atoms with Crippen molar-refractivity contribution in [2.24, 2.45) is 17.8 Å². The molecule has 8 nitrogen and oxygen atoms in total. The molecule has 0 spiro atoms. The second-order valence-electron chi connectivity index (χ2n) is 12.4. The van der Waals surface area contributed by atoms with Crippen molar-refractivity contribution in [3.63, 3.8) is 0 Å². The Kier molecular flexibility index (Phi) is 8.61. The van der Waals surface area contributed by atoms with Crippen molar-refractivity contribution in [3.8, 4) is 5.75 Å². The maximum Gasteiger partial charge on any atom is 0.255 e. The first-order chi connectivity index (χ1) is 20.3. The second kappa shape index (κ2) is 12.4. The molecule has 1 N–H and O–H groups in total. The molecule has 4 fully saturated rings. The number of halogens is 2. The molecule has 0 radical (unpaired) electrons. The molecule has 0 aromatic heterocycles. The Hall–Kier alpha value is -2.88. The highest BCUT2D eigenvalue weighted by atomic mass is 35.5. The number of methoxy groups -OCH3 is 1. The van der Waals surface area contributed by atoms with Crippen LogP contribution in [-0.2, 0) is 4.79 Å². The number of likely N-dealkylation sites (N-methyl/N-ethyl adjacent to an activating group) is 1. The predicted molar refractivity (Wildman–Crippen MR) is 163 cm³/mol. The Bertz CT molecular complexity index is 1300. The number of amides is 2. The van der Waals surface area contributed by atoms with E-state index in [1.807, 2.05) is 12.1 Å². The van der Waals surface area contributed by atoms with E-state index in [-0.39, 0.29) is 40.2 Å². The first-order valence-corrected chi connectivity index (χ1v) is 15.6. The van der Waals surface area contributed by atoms with Gasteiger partial charge in [0, 0.05) is 76.1 Å². The molecule has 2 bridgehead atoms. The van der Waals surface area contributed by atoms with Gasteiger partial charge < -0.3 is 24.8 Å². The summed E-state index contributed by atoms with van der Waals surface area (Å²) in [6.45, 7) is 7.53. The third kappa shape index (κ3) is 5.96. The number of hydrogen-bond acceptors (Lipinski definition) is 6. The third-order valence-electron chi connectivity index (χ3n) is 9.91. The van der Waals surface area contributed by atoms with E-state index in [0.29, 0.717) is 30.6 Å². The van der Waals surface area contributed by atoms with Crippen LogP contribution in [0, 0.1) is 23.6 Å². The molecule has 2 aromatic rings. The molecule has 6 rings (SSSR count). The first kappa shape index (κ1) is 29.2. The molecular formula is C32H41ClFN5O3. The number of benzene rings is 2. The number of nitrogens with one attached hydrogen (secondary N) is 1. The molecule has 3 heterocycles. The average molecular weight is 598 g/mol.